The quantitative estimate of drug-likeness (QED) is 0.753. The molecule has 0 fully saturated rings. The molecule has 0 aliphatic carbocycles. The molecule has 0 saturated carbocycles. The molecule has 1 aromatic heterocycles. The molecule has 0 radical (unpaired) electrons. The van der Waals surface area contributed by atoms with Crippen LogP contribution in [0.25, 0.3) is 11.3 Å². The van der Waals surface area contributed by atoms with Crippen LogP contribution in [-0.4, -0.2) is 18.9 Å². The van der Waals surface area contributed by atoms with Gasteiger partial charge in [-0.05, 0) is 42.0 Å². The average molecular weight is 329 g/mol. The Morgan fingerprint density at radius 3 is 2.58 bits per heavy atom. The van der Waals surface area contributed by atoms with Gasteiger partial charge in [0, 0.05) is 12.0 Å². The van der Waals surface area contributed by atoms with Gasteiger partial charge < -0.3 is 14.0 Å². The Morgan fingerprint density at radius 2 is 1.92 bits per heavy atom. The van der Waals surface area contributed by atoms with Crippen LogP contribution in [0.15, 0.2) is 57.8 Å². The second-order valence-corrected chi connectivity index (χ2v) is 5.17. The molecule has 0 atom stereocenters. The van der Waals surface area contributed by atoms with E-state index < -0.39 is 0 Å². The van der Waals surface area contributed by atoms with Gasteiger partial charge in [0.05, 0.1) is 19.8 Å². The molecule has 3 rings (SSSR count). The third kappa shape index (κ3) is 3.65. The molecular weight excluding hydrogens is 313 g/mol. The number of halogens is 1. The lowest BCUT2D eigenvalue weighted by atomic mass is 10.1. The normalized spacial score (nSPS) is 10.6. The van der Waals surface area contributed by atoms with E-state index in [1.807, 2.05) is 12.1 Å². The van der Waals surface area contributed by atoms with Crippen LogP contribution in [0, 0.1) is 5.82 Å². The first-order chi connectivity index (χ1) is 11.7. The van der Waals surface area contributed by atoms with Crippen molar-refractivity contribution < 1.29 is 18.4 Å². The highest BCUT2D eigenvalue weighted by molar-refractivity contribution is 5.57. The molecule has 24 heavy (non-hydrogen) atoms. The average Bonchev–Trinajstić information content (AvgIpc) is 3.03. The summed E-state index contributed by atoms with van der Waals surface area (Å²) in [6.45, 7) is 0.452. The number of methoxy groups -OCH3 is 1. The summed E-state index contributed by atoms with van der Waals surface area (Å²) in [5, 5.41) is 2.25. The van der Waals surface area contributed by atoms with E-state index in [0.717, 1.165) is 11.1 Å². The zero-order valence-corrected chi connectivity index (χ0v) is 13.0. The highest BCUT2D eigenvalue weighted by Gasteiger charge is 2.05. The van der Waals surface area contributed by atoms with Crippen molar-refractivity contribution in [2.24, 2.45) is 0 Å². The lowest BCUT2D eigenvalue weighted by molar-refractivity contribution is 0.321. The number of aromatic amines is 1. The Balaban J connectivity index is 1.58. The predicted molar refractivity (Wildman–Crippen MR) is 86.9 cm³/mol. The van der Waals surface area contributed by atoms with Crippen LogP contribution in [0.3, 0.4) is 0 Å². The Morgan fingerprint density at radius 1 is 1.12 bits per heavy atom. The SMILES string of the molecule is COc1cc(CCOc2ccc(-c3cc(=O)[nH]o3)cc2)ccc1F. The van der Waals surface area contributed by atoms with Gasteiger partial charge in [-0.3, -0.25) is 4.79 Å². The van der Waals surface area contributed by atoms with Crippen LogP contribution in [0.5, 0.6) is 11.5 Å². The molecule has 3 aromatic rings. The second-order valence-electron chi connectivity index (χ2n) is 5.17. The number of H-pyrrole nitrogens is 1. The van der Waals surface area contributed by atoms with Crippen LogP contribution in [-0.2, 0) is 6.42 Å². The zero-order chi connectivity index (χ0) is 16.9. The minimum Gasteiger partial charge on any atom is -0.494 e. The van der Waals surface area contributed by atoms with Gasteiger partial charge >= 0.3 is 0 Å². The summed E-state index contributed by atoms with van der Waals surface area (Å²) in [6.07, 6.45) is 0.630. The van der Waals surface area contributed by atoms with Crippen molar-refractivity contribution in [3.8, 4) is 22.8 Å². The topological polar surface area (TPSA) is 64.5 Å². The maximum absolute atomic E-state index is 13.4. The number of rotatable bonds is 6. The van der Waals surface area contributed by atoms with Crippen molar-refractivity contribution in [1.29, 1.82) is 0 Å². The summed E-state index contributed by atoms with van der Waals surface area (Å²) in [6, 6.07) is 13.4. The summed E-state index contributed by atoms with van der Waals surface area (Å²) >= 11 is 0. The molecule has 0 aliphatic heterocycles. The van der Waals surface area contributed by atoms with E-state index in [2.05, 4.69) is 5.16 Å². The number of nitrogens with one attached hydrogen (secondary N) is 1. The van der Waals surface area contributed by atoms with Crippen LogP contribution < -0.4 is 15.0 Å². The highest BCUT2D eigenvalue weighted by Crippen LogP contribution is 2.22. The lowest BCUT2D eigenvalue weighted by Gasteiger charge is -2.08. The Hall–Kier alpha value is -3.02. The van der Waals surface area contributed by atoms with Gasteiger partial charge in [0.1, 0.15) is 5.75 Å². The van der Waals surface area contributed by atoms with Crippen LogP contribution in [0.1, 0.15) is 5.56 Å². The molecule has 0 saturated heterocycles. The molecular formula is C18H16FNO4. The molecule has 0 aliphatic rings. The van der Waals surface area contributed by atoms with E-state index in [1.165, 1.54) is 19.2 Å². The third-order valence-electron chi connectivity index (χ3n) is 3.54. The van der Waals surface area contributed by atoms with Crippen molar-refractivity contribution in [2.45, 2.75) is 6.42 Å². The minimum atomic E-state index is -0.380. The van der Waals surface area contributed by atoms with E-state index >= 15 is 0 Å². The largest absolute Gasteiger partial charge is 0.494 e. The van der Waals surface area contributed by atoms with Gasteiger partial charge in [-0.15, -0.1) is 0 Å². The fraction of sp³-hybridized carbons (Fsp3) is 0.167. The maximum atomic E-state index is 13.4. The summed E-state index contributed by atoms with van der Waals surface area (Å²) in [5.41, 5.74) is 1.43. The molecule has 124 valence electrons. The van der Waals surface area contributed by atoms with Gasteiger partial charge in [-0.25, -0.2) is 4.39 Å². The van der Waals surface area contributed by atoms with Gasteiger partial charge in [-0.1, -0.05) is 6.07 Å². The van der Waals surface area contributed by atoms with Crippen molar-refractivity contribution in [2.75, 3.05) is 13.7 Å². The number of ether oxygens (including phenoxy) is 2. The maximum Gasteiger partial charge on any atom is 0.280 e. The summed E-state index contributed by atoms with van der Waals surface area (Å²) in [5.74, 6) is 1.02. The Bertz CT molecular complexity index is 867. The number of hydrogen-bond acceptors (Lipinski definition) is 4. The van der Waals surface area contributed by atoms with Crippen LogP contribution >= 0.6 is 0 Å². The van der Waals surface area contributed by atoms with E-state index in [9.17, 15) is 9.18 Å². The molecule has 0 amide bonds. The first-order valence-corrected chi connectivity index (χ1v) is 7.40. The number of benzene rings is 2. The fourth-order valence-electron chi connectivity index (χ4n) is 2.29. The molecule has 0 bridgehead atoms. The second kappa shape index (κ2) is 7.04. The first-order valence-electron chi connectivity index (χ1n) is 7.40. The molecule has 5 nitrogen and oxygen atoms in total. The minimum absolute atomic E-state index is 0.227. The molecule has 1 heterocycles. The summed E-state index contributed by atoms with van der Waals surface area (Å²) in [4.78, 5) is 11.1. The molecule has 1 N–H and O–H groups in total. The van der Waals surface area contributed by atoms with Gasteiger partial charge in [0.15, 0.2) is 17.3 Å². The molecule has 0 unspecified atom stereocenters. The zero-order valence-electron chi connectivity index (χ0n) is 13.0. The van der Waals surface area contributed by atoms with Gasteiger partial charge in [0.2, 0.25) is 0 Å². The third-order valence-corrected chi connectivity index (χ3v) is 3.54. The van der Waals surface area contributed by atoms with Crippen molar-refractivity contribution >= 4 is 0 Å². The fourth-order valence-corrected chi connectivity index (χ4v) is 2.29. The molecule has 0 spiro atoms. The van der Waals surface area contributed by atoms with Crippen LogP contribution in [0.2, 0.25) is 0 Å². The van der Waals surface area contributed by atoms with Crippen molar-refractivity contribution in [1.82, 2.24) is 5.16 Å². The molecule has 2 aromatic carbocycles. The summed E-state index contributed by atoms with van der Waals surface area (Å²) < 4.78 is 29.0. The smallest absolute Gasteiger partial charge is 0.280 e. The van der Waals surface area contributed by atoms with E-state index in [-0.39, 0.29) is 17.1 Å². The lowest BCUT2D eigenvalue weighted by Crippen LogP contribution is -2.02. The first kappa shape index (κ1) is 15.9. The van der Waals surface area contributed by atoms with Gasteiger partial charge in [0.25, 0.3) is 5.56 Å². The standard InChI is InChI=1S/C18H16FNO4/c1-22-17-10-12(2-7-15(17)19)8-9-23-14-5-3-13(4-6-14)16-11-18(21)20-24-16/h2-7,10-11H,8-9H2,1H3,(H,20,21). The van der Waals surface area contributed by atoms with Crippen LogP contribution in [0.4, 0.5) is 4.39 Å². The number of hydrogen-bond donors (Lipinski definition) is 1. The van der Waals surface area contributed by atoms with Gasteiger partial charge in [-0.2, -0.15) is 5.16 Å². The van der Waals surface area contributed by atoms with E-state index in [1.54, 1.807) is 24.3 Å². The van der Waals surface area contributed by atoms with E-state index in [0.29, 0.717) is 24.5 Å². The Kier molecular flexibility index (Phi) is 4.65. The summed E-state index contributed by atoms with van der Waals surface area (Å²) in [7, 11) is 1.44. The Labute approximate surface area is 137 Å². The number of aromatic nitrogens is 1. The van der Waals surface area contributed by atoms with Crippen molar-refractivity contribution in [3.05, 3.63) is 70.3 Å². The van der Waals surface area contributed by atoms with Crippen molar-refractivity contribution in [3.63, 3.8) is 0 Å². The highest BCUT2D eigenvalue weighted by atomic mass is 19.1. The predicted octanol–water partition coefficient (Wildman–Crippen LogP) is 3.40. The van der Waals surface area contributed by atoms with E-state index in [4.69, 9.17) is 14.0 Å². The monoisotopic (exact) mass is 329 g/mol. The molecule has 6 heteroatoms.